The third-order valence-electron chi connectivity index (χ3n) is 3.39. The second-order valence-corrected chi connectivity index (χ2v) is 4.96. The number of aliphatic hydroxyl groups is 1. The van der Waals surface area contributed by atoms with Crippen LogP contribution in [0.15, 0.2) is 0 Å². The van der Waals surface area contributed by atoms with Crippen molar-refractivity contribution in [1.82, 2.24) is 5.32 Å². The summed E-state index contributed by atoms with van der Waals surface area (Å²) in [6.45, 7) is 0.562. The van der Waals surface area contributed by atoms with Crippen molar-refractivity contribution in [3.05, 3.63) is 0 Å². The van der Waals surface area contributed by atoms with Gasteiger partial charge in [0.2, 0.25) is 5.91 Å². The fourth-order valence-corrected chi connectivity index (χ4v) is 2.14. The Morgan fingerprint density at radius 3 is 2.44 bits per heavy atom. The Balaban J connectivity index is 2.17. The van der Waals surface area contributed by atoms with Gasteiger partial charge in [0, 0.05) is 13.0 Å². The number of carboxylic acids is 1. The smallest absolute Gasteiger partial charge is 0.303 e. The highest BCUT2D eigenvalue weighted by atomic mass is 16.4. The maximum Gasteiger partial charge on any atom is 0.303 e. The van der Waals surface area contributed by atoms with Gasteiger partial charge in [0.05, 0.1) is 12.1 Å². The lowest BCUT2D eigenvalue weighted by molar-refractivity contribution is -0.137. The number of carbonyl (C=O) groups excluding carboxylic acids is 1. The van der Waals surface area contributed by atoms with Crippen LogP contribution < -0.4 is 11.1 Å². The lowest BCUT2D eigenvalue weighted by Gasteiger charge is -2.25. The maximum absolute atomic E-state index is 11.6. The number of carboxylic acid groups (broad SMARTS) is 1. The maximum atomic E-state index is 11.6. The Labute approximate surface area is 107 Å². The van der Waals surface area contributed by atoms with E-state index in [9.17, 15) is 14.7 Å². The number of hydrogen-bond donors (Lipinski definition) is 4. The first-order valence-electron chi connectivity index (χ1n) is 6.42. The minimum atomic E-state index is -0.945. The van der Waals surface area contributed by atoms with E-state index in [0.29, 0.717) is 12.5 Å². The van der Waals surface area contributed by atoms with Gasteiger partial charge in [0.25, 0.3) is 0 Å². The molecule has 0 spiro atoms. The minimum absolute atomic E-state index is 0.0930. The van der Waals surface area contributed by atoms with Gasteiger partial charge >= 0.3 is 5.97 Å². The van der Waals surface area contributed by atoms with E-state index in [1.54, 1.807) is 0 Å². The first-order valence-corrected chi connectivity index (χ1v) is 6.42. The van der Waals surface area contributed by atoms with Crippen molar-refractivity contribution in [3.63, 3.8) is 0 Å². The van der Waals surface area contributed by atoms with Gasteiger partial charge in [-0.3, -0.25) is 9.59 Å². The molecule has 0 radical (unpaired) electrons. The molecule has 0 aromatic heterocycles. The monoisotopic (exact) mass is 258 g/mol. The molecule has 0 aromatic carbocycles. The normalized spacial score (nSPS) is 25.4. The molecule has 1 atom stereocenters. The quantitative estimate of drug-likeness (QED) is 0.529. The SMILES string of the molecule is NC(CCC(=O)O)C(=O)NCC1CCC(O)CC1. The number of hydrogen-bond acceptors (Lipinski definition) is 4. The number of aliphatic hydroxyl groups excluding tert-OH is 1. The van der Waals surface area contributed by atoms with Crippen molar-refractivity contribution >= 4 is 11.9 Å². The molecule has 0 bridgehead atoms. The average Bonchev–Trinajstić information content (AvgIpc) is 2.34. The molecule has 0 aliphatic heterocycles. The molecule has 1 aliphatic rings. The number of aliphatic carboxylic acids is 1. The molecule has 1 aliphatic carbocycles. The lowest BCUT2D eigenvalue weighted by atomic mass is 9.87. The van der Waals surface area contributed by atoms with Crippen LogP contribution in [0, 0.1) is 5.92 Å². The third-order valence-corrected chi connectivity index (χ3v) is 3.39. The fraction of sp³-hybridized carbons (Fsp3) is 0.833. The zero-order valence-corrected chi connectivity index (χ0v) is 10.5. The van der Waals surface area contributed by atoms with Crippen LogP contribution in [0.3, 0.4) is 0 Å². The summed E-state index contributed by atoms with van der Waals surface area (Å²) in [5.74, 6) is -0.842. The van der Waals surface area contributed by atoms with Crippen LogP contribution >= 0.6 is 0 Å². The van der Waals surface area contributed by atoms with Crippen molar-refractivity contribution in [2.24, 2.45) is 11.7 Å². The largest absolute Gasteiger partial charge is 0.481 e. The number of carbonyl (C=O) groups is 2. The van der Waals surface area contributed by atoms with E-state index in [4.69, 9.17) is 10.8 Å². The molecule has 0 aromatic rings. The zero-order valence-electron chi connectivity index (χ0n) is 10.5. The Morgan fingerprint density at radius 2 is 1.89 bits per heavy atom. The molecule has 6 heteroatoms. The van der Waals surface area contributed by atoms with E-state index < -0.39 is 12.0 Å². The Kier molecular flexibility index (Phi) is 6.07. The van der Waals surface area contributed by atoms with E-state index in [-0.39, 0.29) is 24.9 Å². The summed E-state index contributed by atoms with van der Waals surface area (Å²) in [6, 6.07) is -0.754. The fourth-order valence-electron chi connectivity index (χ4n) is 2.14. The molecular formula is C12H22N2O4. The number of nitrogens with two attached hydrogens (primary N) is 1. The van der Waals surface area contributed by atoms with Crippen LogP contribution in [0.4, 0.5) is 0 Å². The topological polar surface area (TPSA) is 113 Å². The second kappa shape index (κ2) is 7.33. The van der Waals surface area contributed by atoms with Crippen LogP contribution in [-0.2, 0) is 9.59 Å². The number of rotatable bonds is 6. The first-order chi connectivity index (χ1) is 8.49. The first kappa shape index (κ1) is 14.9. The summed E-state index contributed by atoms with van der Waals surface area (Å²) < 4.78 is 0. The van der Waals surface area contributed by atoms with Crippen LogP contribution in [0.2, 0.25) is 0 Å². The van der Waals surface area contributed by atoms with Crippen LogP contribution in [0.25, 0.3) is 0 Å². The van der Waals surface area contributed by atoms with Crippen molar-refractivity contribution in [1.29, 1.82) is 0 Å². The lowest BCUT2D eigenvalue weighted by Crippen LogP contribution is -2.43. The molecule has 1 unspecified atom stereocenters. The van der Waals surface area contributed by atoms with Gasteiger partial charge in [0.15, 0.2) is 0 Å². The molecule has 0 heterocycles. The van der Waals surface area contributed by atoms with Gasteiger partial charge in [-0.15, -0.1) is 0 Å². The Bertz CT molecular complexity index is 288. The minimum Gasteiger partial charge on any atom is -0.481 e. The molecule has 1 amide bonds. The molecular weight excluding hydrogens is 236 g/mol. The summed E-state index contributed by atoms with van der Waals surface area (Å²) in [5, 5.41) is 20.6. The molecule has 6 nitrogen and oxygen atoms in total. The van der Waals surface area contributed by atoms with Crippen LogP contribution in [0.1, 0.15) is 38.5 Å². The van der Waals surface area contributed by atoms with Gasteiger partial charge in [-0.1, -0.05) is 0 Å². The summed E-state index contributed by atoms with van der Waals surface area (Å²) in [4.78, 5) is 21.9. The zero-order chi connectivity index (χ0) is 13.5. The van der Waals surface area contributed by atoms with E-state index in [1.807, 2.05) is 0 Å². The number of nitrogens with one attached hydrogen (secondary N) is 1. The van der Waals surface area contributed by atoms with Crippen molar-refractivity contribution in [2.75, 3.05) is 6.54 Å². The van der Waals surface area contributed by atoms with Gasteiger partial charge in [0.1, 0.15) is 0 Å². The average molecular weight is 258 g/mol. The molecule has 5 N–H and O–H groups in total. The predicted molar refractivity (Wildman–Crippen MR) is 65.8 cm³/mol. The highest BCUT2D eigenvalue weighted by Gasteiger charge is 2.21. The standard InChI is InChI=1S/C12H22N2O4/c13-10(5-6-11(16)17)12(18)14-7-8-1-3-9(15)4-2-8/h8-10,15H,1-7,13H2,(H,14,18)(H,16,17). The molecule has 1 rings (SSSR count). The summed E-state index contributed by atoms with van der Waals surface area (Å²) in [6.07, 6.45) is 3.25. The van der Waals surface area contributed by atoms with Gasteiger partial charge in [-0.05, 0) is 38.0 Å². The van der Waals surface area contributed by atoms with Crippen LogP contribution in [-0.4, -0.2) is 40.8 Å². The number of amides is 1. The molecule has 104 valence electrons. The highest BCUT2D eigenvalue weighted by Crippen LogP contribution is 2.23. The molecule has 1 fully saturated rings. The van der Waals surface area contributed by atoms with Gasteiger partial charge in [-0.25, -0.2) is 0 Å². The summed E-state index contributed by atoms with van der Waals surface area (Å²) >= 11 is 0. The van der Waals surface area contributed by atoms with Gasteiger partial charge in [-0.2, -0.15) is 0 Å². The van der Waals surface area contributed by atoms with E-state index in [2.05, 4.69) is 5.32 Å². The Hall–Kier alpha value is -1.14. The molecule has 18 heavy (non-hydrogen) atoms. The predicted octanol–water partition coefficient (Wildman–Crippen LogP) is -0.154. The van der Waals surface area contributed by atoms with Crippen LogP contribution in [0.5, 0.6) is 0 Å². The van der Waals surface area contributed by atoms with E-state index in [0.717, 1.165) is 25.7 Å². The van der Waals surface area contributed by atoms with E-state index >= 15 is 0 Å². The summed E-state index contributed by atoms with van der Waals surface area (Å²) in [5.41, 5.74) is 5.59. The van der Waals surface area contributed by atoms with Crippen molar-refractivity contribution in [2.45, 2.75) is 50.7 Å². The van der Waals surface area contributed by atoms with E-state index in [1.165, 1.54) is 0 Å². The van der Waals surface area contributed by atoms with Crippen molar-refractivity contribution in [3.8, 4) is 0 Å². The third kappa shape index (κ3) is 5.46. The Morgan fingerprint density at radius 1 is 1.28 bits per heavy atom. The molecule has 0 saturated heterocycles. The molecule has 1 saturated carbocycles. The highest BCUT2D eigenvalue weighted by molar-refractivity contribution is 5.82. The van der Waals surface area contributed by atoms with Gasteiger partial charge < -0.3 is 21.3 Å². The second-order valence-electron chi connectivity index (χ2n) is 4.96. The van der Waals surface area contributed by atoms with Crippen molar-refractivity contribution < 1.29 is 19.8 Å². The summed E-state index contributed by atoms with van der Waals surface area (Å²) in [7, 11) is 0.